The van der Waals surface area contributed by atoms with E-state index in [0.29, 0.717) is 5.03 Å². The van der Waals surface area contributed by atoms with Crippen LogP contribution in [0.3, 0.4) is 0 Å². The number of hydrogen-bond acceptors (Lipinski definition) is 1. The lowest BCUT2D eigenvalue weighted by Gasteiger charge is -2.12. The van der Waals surface area contributed by atoms with Crippen LogP contribution in [-0.2, 0) is 4.79 Å². The first-order valence-corrected chi connectivity index (χ1v) is 5.67. The highest BCUT2D eigenvalue weighted by molar-refractivity contribution is 6.32. The molecule has 0 heterocycles. The van der Waals surface area contributed by atoms with Crippen molar-refractivity contribution in [1.82, 2.24) is 0 Å². The van der Waals surface area contributed by atoms with Crippen molar-refractivity contribution in [2.75, 3.05) is 0 Å². The molecule has 2 heteroatoms. The number of hydrogen-bond donors (Lipinski definition) is 0. The van der Waals surface area contributed by atoms with E-state index in [0.717, 1.165) is 24.7 Å². The Kier molecular flexibility index (Phi) is 8.02. The predicted molar refractivity (Wildman–Crippen MR) is 67.0 cm³/mol. The summed E-state index contributed by atoms with van der Waals surface area (Å²) in [5.41, 5.74) is 0.923. The molecule has 0 aromatic carbocycles. The summed E-state index contributed by atoms with van der Waals surface area (Å²) in [6.45, 7) is 6.08. The minimum absolute atomic E-state index is 0.279. The van der Waals surface area contributed by atoms with Gasteiger partial charge in [-0.05, 0) is 37.3 Å². The van der Waals surface area contributed by atoms with Crippen LogP contribution in [0.5, 0.6) is 0 Å². The molecule has 0 aliphatic rings. The third kappa shape index (κ3) is 5.58. The monoisotopic (exact) mass is 226 g/mol. The topological polar surface area (TPSA) is 17.1 Å². The third-order valence-electron chi connectivity index (χ3n) is 2.16. The zero-order chi connectivity index (χ0) is 11.7. The van der Waals surface area contributed by atoms with Crippen molar-refractivity contribution in [2.24, 2.45) is 5.92 Å². The second-order valence-electron chi connectivity index (χ2n) is 3.42. The van der Waals surface area contributed by atoms with Gasteiger partial charge in [0.15, 0.2) is 0 Å². The minimum Gasteiger partial charge on any atom is -0.299 e. The maximum Gasteiger partial charge on any atom is 0.143 e. The van der Waals surface area contributed by atoms with Gasteiger partial charge in [0.05, 0.1) is 0 Å². The summed E-state index contributed by atoms with van der Waals surface area (Å²) < 4.78 is 0. The highest BCUT2D eigenvalue weighted by Gasteiger charge is 2.09. The Bertz CT molecular complexity index is 274. The maximum atomic E-state index is 10.5. The fourth-order valence-electron chi connectivity index (χ4n) is 1.32. The Morgan fingerprint density at radius 3 is 2.60 bits per heavy atom. The van der Waals surface area contributed by atoms with Gasteiger partial charge in [-0.2, -0.15) is 0 Å². The first-order chi connectivity index (χ1) is 7.17. The van der Waals surface area contributed by atoms with Crippen LogP contribution >= 0.6 is 11.6 Å². The fourth-order valence-corrected chi connectivity index (χ4v) is 1.72. The molecule has 1 unspecified atom stereocenters. The van der Waals surface area contributed by atoms with Gasteiger partial charge < -0.3 is 0 Å². The lowest BCUT2D eigenvalue weighted by molar-refractivity contribution is -0.104. The van der Waals surface area contributed by atoms with Gasteiger partial charge in [0.1, 0.15) is 6.29 Å². The Labute approximate surface area is 97.5 Å². The van der Waals surface area contributed by atoms with Crippen LogP contribution in [0, 0.1) is 5.92 Å². The summed E-state index contributed by atoms with van der Waals surface area (Å²) in [5, 5.41) is 0.696. The smallest absolute Gasteiger partial charge is 0.143 e. The molecule has 0 spiro atoms. The van der Waals surface area contributed by atoms with E-state index in [-0.39, 0.29) is 5.92 Å². The lowest BCUT2D eigenvalue weighted by atomic mass is 9.96. The molecule has 84 valence electrons. The quantitative estimate of drug-likeness (QED) is 0.287. The van der Waals surface area contributed by atoms with Gasteiger partial charge in [-0.1, -0.05) is 43.7 Å². The molecule has 1 atom stereocenters. The molecule has 0 aromatic heterocycles. The number of carbonyl (C=O) groups excluding carboxylic acids is 1. The van der Waals surface area contributed by atoms with Gasteiger partial charge >= 0.3 is 0 Å². The van der Waals surface area contributed by atoms with Crippen LogP contribution in [0.25, 0.3) is 0 Å². The van der Waals surface area contributed by atoms with E-state index in [1.165, 1.54) is 0 Å². The molecule has 15 heavy (non-hydrogen) atoms. The molecule has 0 saturated heterocycles. The van der Waals surface area contributed by atoms with Crippen molar-refractivity contribution >= 4 is 17.9 Å². The molecule has 0 fully saturated rings. The summed E-state index contributed by atoms with van der Waals surface area (Å²) in [5.74, 6) is 0.279. The molecule has 0 rings (SSSR count). The molecule has 0 aliphatic carbocycles. The van der Waals surface area contributed by atoms with Crippen molar-refractivity contribution in [3.05, 3.63) is 34.9 Å². The van der Waals surface area contributed by atoms with Crippen LogP contribution < -0.4 is 0 Å². The van der Waals surface area contributed by atoms with Gasteiger partial charge in [-0.25, -0.2) is 0 Å². The number of carbonyl (C=O) groups is 1. The second-order valence-corrected chi connectivity index (χ2v) is 3.83. The van der Waals surface area contributed by atoms with Crippen molar-refractivity contribution in [1.29, 1.82) is 0 Å². The largest absolute Gasteiger partial charge is 0.299 e. The normalized spacial score (nSPS) is 15.7. The fraction of sp³-hybridized carbons (Fsp3) is 0.462. The number of allylic oxidation sites excluding steroid dienone is 6. The van der Waals surface area contributed by atoms with E-state index in [1.54, 1.807) is 6.08 Å². The predicted octanol–water partition coefficient (Wildman–Crippen LogP) is 4.25. The molecule has 0 aliphatic heterocycles. The van der Waals surface area contributed by atoms with Gasteiger partial charge in [0, 0.05) is 5.03 Å². The lowest BCUT2D eigenvalue weighted by Crippen LogP contribution is -1.99. The van der Waals surface area contributed by atoms with E-state index >= 15 is 0 Å². The van der Waals surface area contributed by atoms with Crippen molar-refractivity contribution in [2.45, 2.75) is 33.6 Å². The van der Waals surface area contributed by atoms with Crippen LogP contribution in [0.15, 0.2) is 34.9 Å². The van der Waals surface area contributed by atoms with Crippen LogP contribution in [0.2, 0.25) is 0 Å². The maximum absolute atomic E-state index is 10.5. The average Bonchev–Trinajstić information content (AvgIpc) is 2.22. The summed E-state index contributed by atoms with van der Waals surface area (Å²) in [6, 6.07) is 0. The molecule has 0 bridgehead atoms. The molecule has 0 N–H and O–H groups in total. The second kappa shape index (κ2) is 8.49. The molecule has 0 saturated carbocycles. The molecule has 1 nitrogen and oxygen atoms in total. The number of aldehydes is 1. The Hall–Kier alpha value is -0.820. The van der Waals surface area contributed by atoms with Crippen molar-refractivity contribution < 1.29 is 4.79 Å². The van der Waals surface area contributed by atoms with E-state index < -0.39 is 0 Å². The molecule has 0 amide bonds. The van der Waals surface area contributed by atoms with E-state index in [9.17, 15) is 4.79 Å². The standard InChI is InChI=1S/C13H19ClO/c1-4-6-8-11(3)12(9-10-15)13(14)7-5-2/h4,6-7,9-11H,5,8H2,1-3H3/b6-4+,12-9-,13-7-. The van der Waals surface area contributed by atoms with Crippen molar-refractivity contribution in [3.63, 3.8) is 0 Å². The van der Waals surface area contributed by atoms with Gasteiger partial charge in [-0.3, -0.25) is 4.79 Å². The average molecular weight is 227 g/mol. The van der Waals surface area contributed by atoms with E-state index in [2.05, 4.69) is 13.0 Å². The first-order valence-electron chi connectivity index (χ1n) is 5.29. The van der Waals surface area contributed by atoms with E-state index in [4.69, 9.17) is 11.6 Å². The zero-order valence-electron chi connectivity index (χ0n) is 9.66. The third-order valence-corrected chi connectivity index (χ3v) is 2.54. The molecular formula is C13H19ClO. The van der Waals surface area contributed by atoms with Crippen LogP contribution in [-0.4, -0.2) is 6.29 Å². The first kappa shape index (κ1) is 14.2. The number of halogens is 1. The Balaban J connectivity index is 4.73. The van der Waals surface area contributed by atoms with Crippen LogP contribution in [0.4, 0.5) is 0 Å². The molecule has 0 radical (unpaired) electrons. The minimum atomic E-state index is 0.279. The zero-order valence-corrected chi connectivity index (χ0v) is 10.4. The summed E-state index contributed by atoms with van der Waals surface area (Å²) in [7, 11) is 0. The Morgan fingerprint density at radius 2 is 2.13 bits per heavy atom. The molecule has 0 aromatic rings. The van der Waals surface area contributed by atoms with Gasteiger partial charge in [0.2, 0.25) is 0 Å². The summed E-state index contributed by atoms with van der Waals surface area (Å²) >= 11 is 6.11. The highest BCUT2D eigenvalue weighted by Crippen LogP contribution is 2.25. The summed E-state index contributed by atoms with van der Waals surface area (Å²) in [4.78, 5) is 10.5. The SMILES string of the molecule is C/C=C/CC(C)C(=C/C=O)/C(Cl)=C/CC. The van der Waals surface area contributed by atoms with E-state index in [1.807, 2.05) is 26.0 Å². The van der Waals surface area contributed by atoms with Crippen molar-refractivity contribution in [3.8, 4) is 0 Å². The molecular weight excluding hydrogens is 208 g/mol. The number of rotatable bonds is 6. The van der Waals surface area contributed by atoms with Gasteiger partial charge in [0.25, 0.3) is 0 Å². The highest BCUT2D eigenvalue weighted by atomic mass is 35.5. The Morgan fingerprint density at radius 1 is 1.47 bits per heavy atom. The summed E-state index contributed by atoms with van der Waals surface area (Å²) in [6.07, 6.45) is 10.2. The van der Waals surface area contributed by atoms with Crippen LogP contribution in [0.1, 0.15) is 33.6 Å². The van der Waals surface area contributed by atoms with Gasteiger partial charge in [-0.15, -0.1) is 0 Å².